The Balaban J connectivity index is 1.83. The number of ether oxygens (including phenoxy) is 3. The monoisotopic (exact) mass is 370 g/mol. The SMILES string of the molecule is COc1cc2c(cc1OC)CN(C(=O)c1ccccc1OCC(N)=O)CC2. The van der Waals surface area contributed by atoms with E-state index < -0.39 is 5.91 Å². The minimum absolute atomic E-state index is 0.157. The number of carbonyl (C=O) groups excluding carboxylic acids is 2. The molecule has 3 rings (SSSR count). The van der Waals surface area contributed by atoms with Crippen molar-refractivity contribution in [1.82, 2.24) is 4.90 Å². The second kappa shape index (κ2) is 7.99. The number of fused-ring (bicyclic) bond motifs is 1. The van der Waals surface area contributed by atoms with Crippen LogP contribution in [0.1, 0.15) is 21.5 Å². The van der Waals surface area contributed by atoms with Gasteiger partial charge in [0.1, 0.15) is 5.75 Å². The summed E-state index contributed by atoms with van der Waals surface area (Å²) in [5.41, 5.74) is 7.69. The quantitative estimate of drug-likeness (QED) is 0.837. The Labute approximate surface area is 157 Å². The highest BCUT2D eigenvalue weighted by Crippen LogP contribution is 2.34. The molecule has 1 aliphatic rings. The first-order valence-corrected chi connectivity index (χ1v) is 8.56. The highest BCUT2D eigenvalue weighted by Gasteiger charge is 2.25. The number of carbonyl (C=O) groups is 2. The third-order valence-electron chi connectivity index (χ3n) is 4.49. The zero-order chi connectivity index (χ0) is 19.4. The Bertz CT molecular complexity index is 865. The van der Waals surface area contributed by atoms with E-state index in [-0.39, 0.29) is 12.5 Å². The van der Waals surface area contributed by atoms with E-state index in [1.165, 1.54) is 0 Å². The van der Waals surface area contributed by atoms with Gasteiger partial charge in [-0.2, -0.15) is 0 Å². The van der Waals surface area contributed by atoms with Crippen molar-refractivity contribution in [3.63, 3.8) is 0 Å². The van der Waals surface area contributed by atoms with Crippen LogP contribution in [-0.2, 0) is 17.8 Å². The smallest absolute Gasteiger partial charge is 0.257 e. The van der Waals surface area contributed by atoms with Gasteiger partial charge in [0.2, 0.25) is 0 Å². The molecule has 2 N–H and O–H groups in total. The molecule has 0 bridgehead atoms. The molecule has 0 radical (unpaired) electrons. The standard InChI is InChI=1S/C20H22N2O5/c1-25-17-9-13-7-8-22(11-14(13)10-18(17)26-2)20(24)15-5-3-4-6-16(15)27-12-19(21)23/h3-6,9-10H,7-8,11-12H2,1-2H3,(H2,21,23). The van der Waals surface area contributed by atoms with Gasteiger partial charge in [0.25, 0.3) is 11.8 Å². The Hall–Kier alpha value is -3.22. The molecular weight excluding hydrogens is 348 g/mol. The number of para-hydroxylation sites is 1. The van der Waals surface area contributed by atoms with Crippen molar-refractivity contribution >= 4 is 11.8 Å². The van der Waals surface area contributed by atoms with E-state index in [0.29, 0.717) is 42.3 Å². The second-order valence-electron chi connectivity index (χ2n) is 6.20. The summed E-state index contributed by atoms with van der Waals surface area (Å²) >= 11 is 0. The van der Waals surface area contributed by atoms with Gasteiger partial charge in [-0.25, -0.2) is 0 Å². The van der Waals surface area contributed by atoms with Crippen LogP contribution in [0.2, 0.25) is 0 Å². The van der Waals surface area contributed by atoms with Gasteiger partial charge in [0.15, 0.2) is 18.1 Å². The Morgan fingerprint density at radius 1 is 1.04 bits per heavy atom. The molecule has 1 aliphatic heterocycles. The molecule has 2 aromatic carbocycles. The maximum atomic E-state index is 13.0. The van der Waals surface area contributed by atoms with E-state index in [2.05, 4.69) is 0 Å². The van der Waals surface area contributed by atoms with E-state index in [0.717, 1.165) is 11.1 Å². The van der Waals surface area contributed by atoms with E-state index in [4.69, 9.17) is 19.9 Å². The number of hydrogen-bond donors (Lipinski definition) is 1. The highest BCUT2D eigenvalue weighted by atomic mass is 16.5. The zero-order valence-electron chi connectivity index (χ0n) is 15.4. The number of benzene rings is 2. The lowest BCUT2D eigenvalue weighted by Crippen LogP contribution is -2.36. The Morgan fingerprint density at radius 3 is 2.37 bits per heavy atom. The van der Waals surface area contributed by atoms with Gasteiger partial charge in [-0.05, 0) is 41.8 Å². The minimum atomic E-state index is -0.592. The van der Waals surface area contributed by atoms with Crippen molar-refractivity contribution in [3.8, 4) is 17.2 Å². The Kier molecular flexibility index (Phi) is 5.49. The molecule has 0 saturated carbocycles. The van der Waals surface area contributed by atoms with Crippen molar-refractivity contribution in [2.75, 3.05) is 27.4 Å². The number of nitrogens with zero attached hydrogens (tertiary/aromatic N) is 1. The van der Waals surface area contributed by atoms with Gasteiger partial charge in [-0.15, -0.1) is 0 Å². The van der Waals surface area contributed by atoms with Gasteiger partial charge in [-0.1, -0.05) is 12.1 Å². The first-order chi connectivity index (χ1) is 13.0. The van der Waals surface area contributed by atoms with E-state index in [1.54, 1.807) is 43.4 Å². The van der Waals surface area contributed by atoms with Gasteiger partial charge in [0, 0.05) is 13.1 Å². The van der Waals surface area contributed by atoms with E-state index in [1.807, 2.05) is 12.1 Å². The molecule has 142 valence electrons. The fourth-order valence-corrected chi connectivity index (χ4v) is 3.14. The zero-order valence-corrected chi connectivity index (χ0v) is 15.4. The van der Waals surface area contributed by atoms with Crippen LogP contribution in [0.4, 0.5) is 0 Å². The predicted octanol–water partition coefficient (Wildman–Crippen LogP) is 1.77. The maximum Gasteiger partial charge on any atom is 0.257 e. The summed E-state index contributed by atoms with van der Waals surface area (Å²) in [5, 5.41) is 0. The lowest BCUT2D eigenvalue weighted by Gasteiger charge is -2.30. The van der Waals surface area contributed by atoms with Gasteiger partial charge in [0.05, 0.1) is 19.8 Å². The topological polar surface area (TPSA) is 91.1 Å². The van der Waals surface area contributed by atoms with Crippen molar-refractivity contribution in [2.24, 2.45) is 5.73 Å². The number of primary amides is 1. The summed E-state index contributed by atoms with van der Waals surface area (Å²) in [4.78, 5) is 25.8. The molecular formula is C20H22N2O5. The molecule has 7 nitrogen and oxygen atoms in total. The van der Waals surface area contributed by atoms with Crippen LogP contribution in [0.15, 0.2) is 36.4 Å². The van der Waals surface area contributed by atoms with Crippen molar-refractivity contribution in [1.29, 1.82) is 0 Å². The van der Waals surface area contributed by atoms with E-state index >= 15 is 0 Å². The van der Waals surface area contributed by atoms with Crippen molar-refractivity contribution < 1.29 is 23.8 Å². The summed E-state index contributed by atoms with van der Waals surface area (Å²) in [6, 6.07) is 10.7. The average Bonchev–Trinajstić information content (AvgIpc) is 2.70. The van der Waals surface area contributed by atoms with Crippen LogP contribution in [0, 0.1) is 0 Å². The lowest BCUT2D eigenvalue weighted by molar-refractivity contribution is -0.119. The van der Waals surface area contributed by atoms with Crippen molar-refractivity contribution in [3.05, 3.63) is 53.1 Å². The molecule has 2 amide bonds. The third kappa shape index (κ3) is 3.97. The van der Waals surface area contributed by atoms with Crippen LogP contribution in [0.3, 0.4) is 0 Å². The molecule has 0 spiro atoms. The average molecular weight is 370 g/mol. The van der Waals surface area contributed by atoms with Crippen LogP contribution in [0.5, 0.6) is 17.2 Å². The lowest BCUT2D eigenvalue weighted by atomic mass is 9.98. The van der Waals surface area contributed by atoms with E-state index in [9.17, 15) is 9.59 Å². The second-order valence-corrected chi connectivity index (χ2v) is 6.20. The molecule has 1 heterocycles. The summed E-state index contributed by atoms with van der Waals surface area (Å²) in [6.07, 6.45) is 0.714. The largest absolute Gasteiger partial charge is 0.493 e. The third-order valence-corrected chi connectivity index (χ3v) is 4.49. The fourth-order valence-electron chi connectivity index (χ4n) is 3.14. The molecule has 0 atom stereocenters. The van der Waals surface area contributed by atoms with Crippen LogP contribution in [0.25, 0.3) is 0 Å². The minimum Gasteiger partial charge on any atom is -0.493 e. The number of amides is 2. The maximum absolute atomic E-state index is 13.0. The van der Waals surface area contributed by atoms with Crippen molar-refractivity contribution in [2.45, 2.75) is 13.0 Å². The number of rotatable bonds is 6. The molecule has 0 saturated heterocycles. The molecule has 2 aromatic rings. The van der Waals surface area contributed by atoms with Crippen LogP contribution in [-0.4, -0.2) is 44.1 Å². The molecule has 0 unspecified atom stereocenters. The highest BCUT2D eigenvalue weighted by molar-refractivity contribution is 5.97. The normalized spacial score (nSPS) is 12.9. The number of methoxy groups -OCH3 is 2. The first-order valence-electron chi connectivity index (χ1n) is 8.56. The number of hydrogen-bond acceptors (Lipinski definition) is 5. The Morgan fingerprint density at radius 2 is 1.70 bits per heavy atom. The van der Waals surface area contributed by atoms with Gasteiger partial charge < -0.3 is 24.8 Å². The molecule has 7 heteroatoms. The van der Waals surface area contributed by atoms with Crippen LogP contribution >= 0.6 is 0 Å². The summed E-state index contributed by atoms with van der Waals surface area (Å²) in [5.74, 6) is 0.914. The summed E-state index contributed by atoms with van der Waals surface area (Å²) < 4.78 is 16.1. The summed E-state index contributed by atoms with van der Waals surface area (Å²) in [7, 11) is 3.19. The first kappa shape index (κ1) is 18.6. The predicted molar refractivity (Wildman–Crippen MR) is 99.1 cm³/mol. The van der Waals surface area contributed by atoms with Gasteiger partial charge >= 0.3 is 0 Å². The van der Waals surface area contributed by atoms with Gasteiger partial charge in [-0.3, -0.25) is 9.59 Å². The molecule has 0 aliphatic carbocycles. The number of nitrogens with two attached hydrogens (primary N) is 1. The molecule has 0 fully saturated rings. The fraction of sp³-hybridized carbons (Fsp3) is 0.300. The van der Waals surface area contributed by atoms with Crippen LogP contribution < -0.4 is 19.9 Å². The summed E-state index contributed by atoms with van der Waals surface area (Å²) in [6.45, 7) is 0.758. The molecule has 27 heavy (non-hydrogen) atoms. The molecule has 0 aromatic heterocycles.